The Morgan fingerprint density at radius 1 is 1.48 bits per heavy atom. The first-order valence-corrected chi connectivity index (χ1v) is 6.36. The zero-order valence-electron chi connectivity index (χ0n) is 10.9. The van der Waals surface area contributed by atoms with Crippen LogP contribution in [0.5, 0.6) is 0 Å². The number of aromatic amines is 1. The van der Waals surface area contributed by atoms with Gasteiger partial charge in [0, 0.05) is 6.42 Å². The molecule has 0 aromatic carbocycles. The normalized spacial score (nSPS) is 29.9. The molecular formula is C11H15N5O5. The van der Waals surface area contributed by atoms with Crippen LogP contribution in [0.15, 0.2) is 11.1 Å². The van der Waals surface area contributed by atoms with Crippen LogP contribution in [0.1, 0.15) is 12.6 Å². The molecule has 10 nitrogen and oxygen atoms in total. The Morgan fingerprint density at radius 2 is 2.24 bits per heavy atom. The van der Waals surface area contributed by atoms with E-state index in [2.05, 4.69) is 15.0 Å². The van der Waals surface area contributed by atoms with Gasteiger partial charge in [0.05, 0.1) is 12.7 Å². The molecule has 1 saturated heterocycles. The first kappa shape index (κ1) is 13.9. The van der Waals surface area contributed by atoms with Gasteiger partial charge >= 0.3 is 0 Å². The molecule has 0 amide bonds. The molecular weight excluding hydrogens is 282 g/mol. The van der Waals surface area contributed by atoms with Gasteiger partial charge in [0.15, 0.2) is 17.4 Å². The highest BCUT2D eigenvalue weighted by Crippen LogP contribution is 2.29. The summed E-state index contributed by atoms with van der Waals surface area (Å²) < 4.78 is 6.78. The summed E-state index contributed by atoms with van der Waals surface area (Å²) in [5, 5.41) is 28.9. The zero-order valence-corrected chi connectivity index (χ0v) is 10.9. The number of H-pyrrole nitrogens is 1. The van der Waals surface area contributed by atoms with Crippen molar-refractivity contribution in [3.63, 3.8) is 0 Å². The molecule has 1 fully saturated rings. The van der Waals surface area contributed by atoms with Gasteiger partial charge < -0.3 is 25.8 Å². The Labute approximate surface area is 117 Å². The van der Waals surface area contributed by atoms with Gasteiger partial charge in [-0.1, -0.05) is 0 Å². The molecule has 0 spiro atoms. The molecule has 3 heterocycles. The second kappa shape index (κ2) is 5.07. The van der Waals surface area contributed by atoms with E-state index in [1.807, 2.05) is 0 Å². The molecule has 6 N–H and O–H groups in total. The number of imidazole rings is 1. The number of aliphatic hydroxyl groups excluding tert-OH is 3. The highest BCUT2D eigenvalue weighted by molar-refractivity contribution is 5.70. The Bertz CT molecular complexity index is 713. The number of rotatable bonds is 2. The highest BCUT2D eigenvalue weighted by atomic mass is 16.5. The van der Waals surface area contributed by atoms with Crippen molar-refractivity contribution in [2.24, 2.45) is 0 Å². The third kappa shape index (κ3) is 2.27. The zero-order chi connectivity index (χ0) is 15.1. The predicted molar refractivity (Wildman–Crippen MR) is 70.2 cm³/mol. The van der Waals surface area contributed by atoms with Gasteiger partial charge in [0.25, 0.3) is 5.56 Å². The number of fused-ring (bicyclic) bond motifs is 1. The van der Waals surface area contributed by atoms with E-state index >= 15 is 0 Å². The fourth-order valence-corrected chi connectivity index (χ4v) is 2.45. The summed E-state index contributed by atoms with van der Waals surface area (Å²) in [4.78, 5) is 22.2. The van der Waals surface area contributed by atoms with Gasteiger partial charge in [-0.3, -0.25) is 14.3 Å². The van der Waals surface area contributed by atoms with E-state index in [9.17, 15) is 20.1 Å². The van der Waals surface area contributed by atoms with Crippen LogP contribution < -0.4 is 11.3 Å². The van der Waals surface area contributed by atoms with Crippen molar-refractivity contribution in [2.45, 2.75) is 31.0 Å². The second-order valence-corrected chi connectivity index (χ2v) is 4.89. The number of nitrogens with one attached hydrogen (secondary N) is 1. The molecule has 1 aliphatic heterocycles. The number of anilines is 1. The van der Waals surface area contributed by atoms with Crippen LogP contribution in [0.4, 0.5) is 5.95 Å². The van der Waals surface area contributed by atoms with Crippen LogP contribution in [0.25, 0.3) is 11.2 Å². The van der Waals surface area contributed by atoms with Crippen molar-refractivity contribution in [3.05, 3.63) is 16.7 Å². The number of nitrogens with two attached hydrogens (primary N) is 1. The number of aliphatic hydroxyl groups is 3. The minimum Gasteiger partial charge on any atom is -0.394 e. The van der Waals surface area contributed by atoms with Crippen molar-refractivity contribution >= 4 is 17.1 Å². The number of ether oxygens (including phenoxy) is 1. The summed E-state index contributed by atoms with van der Waals surface area (Å²) in [6.07, 6.45) is -2.54. The van der Waals surface area contributed by atoms with E-state index in [-0.39, 0.29) is 23.5 Å². The summed E-state index contributed by atoms with van der Waals surface area (Å²) in [5.74, 6) is -0.0634. The molecule has 4 unspecified atom stereocenters. The standard InChI is InChI=1S/C11H15N5O5/c12-11-14-8-7(9(20)15-11)16(3-13-8)10-5(19)1-4(18)6(2-17)21-10/h3-6,10,17-19H,1-2H2,(H3,12,14,15,20). The smallest absolute Gasteiger partial charge is 0.278 e. The minimum atomic E-state index is -1.06. The lowest BCUT2D eigenvalue weighted by atomic mass is 10.0. The summed E-state index contributed by atoms with van der Waals surface area (Å²) in [5.41, 5.74) is 5.14. The van der Waals surface area contributed by atoms with E-state index in [1.54, 1.807) is 0 Å². The van der Waals surface area contributed by atoms with Gasteiger partial charge in [-0.2, -0.15) is 4.98 Å². The third-order valence-electron chi connectivity index (χ3n) is 3.47. The van der Waals surface area contributed by atoms with E-state index in [1.165, 1.54) is 10.9 Å². The molecule has 21 heavy (non-hydrogen) atoms. The molecule has 0 radical (unpaired) electrons. The van der Waals surface area contributed by atoms with E-state index in [0.717, 1.165) is 0 Å². The van der Waals surface area contributed by atoms with Crippen LogP contribution in [-0.4, -0.2) is 59.8 Å². The van der Waals surface area contributed by atoms with Crippen LogP contribution in [0, 0.1) is 0 Å². The lowest BCUT2D eigenvalue weighted by Crippen LogP contribution is -2.46. The number of aromatic nitrogens is 4. The summed E-state index contributed by atoms with van der Waals surface area (Å²) in [6, 6.07) is 0. The number of nitrogen functional groups attached to an aromatic ring is 1. The van der Waals surface area contributed by atoms with E-state index in [4.69, 9.17) is 10.5 Å². The number of nitrogens with zero attached hydrogens (tertiary/aromatic N) is 3. The molecule has 4 atom stereocenters. The molecule has 0 saturated carbocycles. The van der Waals surface area contributed by atoms with Gasteiger partial charge in [-0.15, -0.1) is 0 Å². The molecule has 0 aliphatic carbocycles. The van der Waals surface area contributed by atoms with Gasteiger partial charge in [-0.05, 0) is 0 Å². The van der Waals surface area contributed by atoms with Gasteiger partial charge in [-0.25, -0.2) is 4.98 Å². The summed E-state index contributed by atoms with van der Waals surface area (Å²) in [7, 11) is 0. The lowest BCUT2D eigenvalue weighted by Gasteiger charge is -2.36. The van der Waals surface area contributed by atoms with Crippen LogP contribution in [0.2, 0.25) is 0 Å². The molecule has 1 aliphatic rings. The molecule has 2 aromatic rings. The molecule has 2 aromatic heterocycles. The SMILES string of the molecule is Nc1nc2ncn(C3OC(CO)C(O)CC3O)c2c(=O)[nH]1. The molecule has 0 bridgehead atoms. The van der Waals surface area contributed by atoms with Crippen LogP contribution in [-0.2, 0) is 4.74 Å². The average Bonchev–Trinajstić information content (AvgIpc) is 2.82. The first-order chi connectivity index (χ1) is 10.0. The van der Waals surface area contributed by atoms with Crippen LogP contribution >= 0.6 is 0 Å². The van der Waals surface area contributed by atoms with Crippen molar-refractivity contribution in [1.29, 1.82) is 0 Å². The maximum Gasteiger partial charge on any atom is 0.278 e. The fourth-order valence-electron chi connectivity index (χ4n) is 2.45. The highest BCUT2D eigenvalue weighted by Gasteiger charge is 2.37. The predicted octanol–water partition coefficient (Wildman–Crippen LogP) is -2.30. The molecule has 114 valence electrons. The molecule has 10 heteroatoms. The lowest BCUT2D eigenvalue weighted by molar-refractivity contribution is -0.205. The minimum absolute atomic E-state index is 0.00979. The van der Waals surface area contributed by atoms with Crippen molar-refractivity contribution in [3.8, 4) is 0 Å². The summed E-state index contributed by atoms with van der Waals surface area (Å²) in [6.45, 7) is -0.404. The first-order valence-electron chi connectivity index (χ1n) is 6.36. The number of hydrogen-bond donors (Lipinski definition) is 5. The van der Waals surface area contributed by atoms with Crippen molar-refractivity contribution < 1.29 is 20.1 Å². The fraction of sp³-hybridized carbons (Fsp3) is 0.545. The Hall–Kier alpha value is -2.01. The van der Waals surface area contributed by atoms with Crippen molar-refractivity contribution in [1.82, 2.24) is 19.5 Å². The Kier molecular flexibility index (Phi) is 3.37. The topological polar surface area (TPSA) is 160 Å². The number of hydrogen-bond acceptors (Lipinski definition) is 8. The van der Waals surface area contributed by atoms with Gasteiger partial charge in [0.1, 0.15) is 18.5 Å². The largest absolute Gasteiger partial charge is 0.394 e. The third-order valence-corrected chi connectivity index (χ3v) is 3.47. The summed E-state index contributed by atoms with van der Waals surface area (Å²) >= 11 is 0. The van der Waals surface area contributed by atoms with Crippen LogP contribution in [0.3, 0.4) is 0 Å². The average molecular weight is 297 g/mol. The van der Waals surface area contributed by atoms with Crippen molar-refractivity contribution in [2.75, 3.05) is 12.3 Å². The quantitative estimate of drug-likeness (QED) is 0.414. The molecule has 3 rings (SSSR count). The maximum absolute atomic E-state index is 12.0. The monoisotopic (exact) mass is 297 g/mol. The maximum atomic E-state index is 12.0. The van der Waals surface area contributed by atoms with E-state index < -0.39 is 36.7 Å². The van der Waals surface area contributed by atoms with Gasteiger partial charge in [0.2, 0.25) is 5.95 Å². The second-order valence-electron chi connectivity index (χ2n) is 4.89. The van der Waals surface area contributed by atoms with E-state index in [0.29, 0.717) is 0 Å². The Balaban J connectivity index is 2.06. The Morgan fingerprint density at radius 3 is 2.95 bits per heavy atom.